The van der Waals surface area contributed by atoms with Crippen molar-refractivity contribution in [2.45, 2.75) is 26.7 Å². The van der Waals surface area contributed by atoms with Crippen LogP contribution in [0.25, 0.3) is 0 Å². The summed E-state index contributed by atoms with van der Waals surface area (Å²) < 4.78 is 0. The van der Waals surface area contributed by atoms with Crippen LogP contribution in [0.5, 0.6) is 0 Å². The third-order valence-electron chi connectivity index (χ3n) is 5.17. The largest absolute Gasteiger partial charge is 0.356 e. The number of hydrogen-bond acceptors (Lipinski definition) is 6. The number of anilines is 2. The number of aryl methyl sites for hydroxylation is 1. The van der Waals surface area contributed by atoms with Crippen LogP contribution in [0.2, 0.25) is 0 Å². The van der Waals surface area contributed by atoms with Crippen molar-refractivity contribution in [3.63, 3.8) is 0 Å². The van der Waals surface area contributed by atoms with E-state index in [0.717, 1.165) is 49.2 Å². The fraction of sp³-hybridized carbons (Fsp3) is 0.556. The molecule has 0 amide bonds. The molecule has 0 N–H and O–H groups in total. The summed E-state index contributed by atoms with van der Waals surface area (Å²) in [7, 11) is 0. The van der Waals surface area contributed by atoms with Gasteiger partial charge in [-0.1, -0.05) is 13.8 Å². The van der Waals surface area contributed by atoms with E-state index in [-0.39, 0.29) is 0 Å². The van der Waals surface area contributed by atoms with Gasteiger partial charge in [-0.15, -0.1) is 0 Å². The summed E-state index contributed by atoms with van der Waals surface area (Å²) in [5, 5.41) is 0. The molecule has 24 heavy (non-hydrogen) atoms. The molecule has 126 valence electrons. The molecule has 2 unspecified atom stereocenters. The van der Waals surface area contributed by atoms with Gasteiger partial charge >= 0.3 is 0 Å². The van der Waals surface area contributed by atoms with E-state index in [4.69, 9.17) is 0 Å². The minimum absolute atomic E-state index is 0.435. The lowest BCUT2D eigenvalue weighted by molar-refractivity contribution is 0.533. The van der Waals surface area contributed by atoms with E-state index in [1.54, 1.807) is 6.33 Å². The van der Waals surface area contributed by atoms with Crippen LogP contribution in [0.1, 0.15) is 31.2 Å². The highest BCUT2D eigenvalue weighted by Gasteiger charge is 2.41. The summed E-state index contributed by atoms with van der Waals surface area (Å²) in [6.45, 7) is 10.6. The van der Waals surface area contributed by atoms with Gasteiger partial charge < -0.3 is 9.80 Å². The Morgan fingerprint density at radius 2 is 1.54 bits per heavy atom. The molecule has 2 aromatic heterocycles. The second kappa shape index (κ2) is 6.00. The van der Waals surface area contributed by atoms with Crippen LogP contribution in [0.15, 0.2) is 24.8 Å². The third kappa shape index (κ3) is 2.81. The van der Waals surface area contributed by atoms with Gasteiger partial charge in [0.2, 0.25) is 0 Å². The highest BCUT2D eigenvalue weighted by Crippen LogP contribution is 2.35. The molecule has 0 saturated carbocycles. The molecule has 0 radical (unpaired) electrons. The number of fused-ring (bicyclic) bond motifs is 1. The second-order valence-corrected chi connectivity index (χ2v) is 7.30. The van der Waals surface area contributed by atoms with Crippen LogP contribution < -0.4 is 9.80 Å². The van der Waals surface area contributed by atoms with Crippen molar-refractivity contribution < 1.29 is 0 Å². The van der Waals surface area contributed by atoms with Crippen LogP contribution in [-0.4, -0.2) is 46.1 Å². The first-order valence-electron chi connectivity index (χ1n) is 8.70. The molecule has 6 nitrogen and oxygen atoms in total. The molecule has 2 fully saturated rings. The number of nitrogens with zero attached hydrogens (tertiary/aromatic N) is 6. The van der Waals surface area contributed by atoms with Crippen LogP contribution in [0.3, 0.4) is 0 Å². The summed E-state index contributed by atoms with van der Waals surface area (Å²) in [6, 6.07) is 2.15. The van der Waals surface area contributed by atoms with Crippen molar-refractivity contribution in [1.82, 2.24) is 19.9 Å². The third-order valence-corrected chi connectivity index (χ3v) is 5.17. The normalized spacial score (nSPS) is 23.2. The number of rotatable bonds is 3. The van der Waals surface area contributed by atoms with Crippen LogP contribution in [0, 0.1) is 18.8 Å². The Morgan fingerprint density at radius 1 is 0.875 bits per heavy atom. The van der Waals surface area contributed by atoms with E-state index in [1.165, 1.54) is 0 Å². The lowest BCUT2D eigenvalue weighted by Gasteiger charge is -2.23. The lowest BCUT2D eigenvalue weighted by atomic mass is 10.0. The van der Waals surface area contributed by atoms with Crippen molar-refractivity contribution in [3.8, 4) is 0 Å². The first-order valence-corrected chi connectivity index (χ1v) is 8.70. The quantitative estimate of drug-likeness (QED) is 0.863. The summed E-state index contributed by atoms with van der Waals surface area (Å²) in [4.78, 5) is 22.6. The molecule has 2 atom stereocenters. The van der Waals surface area contributed by atoms with Crippen molar-refractivity contribution >= 4 is 11.6 Å². The average molecular weight is 324 g/mol. The van der Waals surface area contributed by atoms with Gasteiger partial charge in [-0.2, -0.15) is 0 Å². The SMILES string of the molecule is Cc1cnc(N2CC3CN(c4cc(C(C)C)ncn4)CC3C2)cn1. The summed E-state index contributed by atoms with van der Waals surface area (Å²) in [5.41, 5.74) is 2.09. The smallest absolute Gasteiger partial charge is 0.147 e. The zero-order chi connectivity index (χ0) is 16.7. The molecular formula is C18H24N6. The Labute approximate surface area is 143 Å². The van der Waals surface area contributed by atoms with E-state index in [2.05, 4.69) is 49.6 Å². The maximum atomic E-state index is 4.52. The van der Waals surface area contributed by atoms with Crippen LogP contribution in [0.4, 0.5) is 11.6 Å². The maximum Gasteiger partial charge on any atom is 0.147 e. The molecule has 0 spiro atoms. The van der Waals surface area contributed by atoms with Gasteiger partial charge in [0.05, 0.1) is 18.1 Å². The monoisotopic (exact) mass is 324 g/mol. The van der Waals surface area contributed by atoms with E-state index < -0.39 is 0 Å². The lowest BCUT2D eigenvalue weighted by Crippen LogP contribution is -2.29. The van der Waals surface area contributed by atoms with Gasteiger partial charge in [0, 0.05) is 49.8 Å². The molecule has 0 aromatic carbocycles. The summed E-state index contributed by atoms with van der Waals surface area (Å²) in [5.74, 6) is 3.86. The first kappa shape index (κ1) is 15.3. The van der Waals surface area contributed by atoms with Crippen LogP contribution in [-0.2, 0) is 0 Å². The summed E-state index contributed by atoms with van der Waals surface area (Å²) in [6.07, 6.45) is 5.45. The Morgan fingerprint density at radius 3 is 2.12 bits per heavy atom. The zero-order valence-electron chi connectivity index (χ0n) is 14.6. The van der Waals surface area contributed by atoms with Crippen molar-refractivity contribution in [2.24, 2.45) is 11.8 Å². The molecule has 4 heterocycles. The molecule has 4 rings (SSSR count). The van der Waals surface area contributed by atoms with Gasteiger partial charge in [-0.05, 0) is 12.8 Å². The summed E-state index contributed by atoms with van der Waals surface area (Å²) >= 11 is 0. The Bertz CT molecular complexity index is 700. The predicted octanol–water partition coefficient (Wildman–Crippen LogP) is 2.27. The van der Waals surface area contributed by atoms with Crippen LogP contribution >= 0.6 is 0 Å². The minimum Gasteiger partial charge on any atom is -0.356 e. The topological polar surface area (TPSA) is 58.0 Å². The highest BCUT2D eigenvalue weighted by atomic mass is 15.3. The van der Waals surface area contributed by atoms with Crippen molar-refractivity contribution in [1.29, 1.82) is 0 Å². The van der Waals surface area contributed by atoms with Gasteiger partial charge in [0.1, 0.15) is 18.0 Å². The minimum atomic E-state index is 0.435. The Balaban J connectivity index is 1.44. The van der Waals surface area contributed by atoms with Gasteiger partial charge in [-0.3, -0.25) is 4.98 Å². The molecule has 2 aliphatic rings. The predicted molar refractivity (Wildman–Crippen MR) is 94.3 cm³/mol. The van der Waals surface area contributed by atoms with E-state index in [1.807, 2.05) is 19.3 Å². The maximum absolute atomic E-state index is 4.52. The molecule has 0 aliphatic carbocycles. The fourth-order valence-corrected chi connectivity index (χ4v) is 3.77. The Hall–Kier alpha value is -2.24. The molecule has 2 saturated heterocycles. The standard InChI is InChI=1S/C18H24N6/c1-12(2)16-4-17(22-11-21-16)23-7-14-9-24(10-15(14)8-23)18-6-19-13(3)5-20-18/h4-6,11-12,14-15H,7-10H2,1-3H3. The van der Waals surface area contributed by atoms with E-state index in [0.29, 0.717) is 17.8 Å². The number of hydrogen-bond donors (Lipinski definition) is 0. The van der Waals surface area contributed by atoms with Gasteiger partial charge in [0.25, 0.3) is 0 Å². The van der Waals surface area contributed by atoms with Gasteiger partial charge in [-0.25, -0.2) is 15.0 Å². The molecule has 6 heteroatoms. The molecular weight excluding hydrogens is 300 g/mol. The highest BCUT2D eigenvalue weighted by molar-refractivity contribution is 5.44. The molecule has 2 aromatic rings. The van der Waals surface area contributed by atoms with E-state index in [9.17, 15) is 0 Å². The average Bonchev–Trinajstić information content (AvgIpc) is 3.14. The van der Waals surface area contributed by atoms with E-state index >= 15 is 0 Å². The van der Waals surface area contributed by atoms with Crippen molar-refractivity contribution in [2.75, 3.05) is 36.0 Å². The molecule has 0 bridgehead atoms. The second-order valence-electron chi connectivity index (χ2n) is 7.30. The number of aromatic nitrogens is 4. The van der Waals surface area contributed by atoms with Crippen molar-refractivity contribution in [3.05, 3.63) is 36.2 Å². The first-order chi connectivity index (χ1) is 11.6. The zero-order valence-corrected chi connectivity index (χ0v) is 14.6. The molecule has 2 aliphatic heterocycles. The fourth-order valence-electron chi connectivity index (χ4n) is 3.77. The van der Waals surface area contributed by atoms with Gasteiger partial charge in [0.15, 0.2) is 0 Å². The Kier molecular flexibility index (Phi) is 3.82.